The number of para-hydroxylation sites is 1. The number of rotatable bonds is 12. The predicted octanol–water partition coefficient (Wildman–Crippen LogP) is 7.93. The molecule has 1 saturated heterocycles. The molecule has 2 aliphatic carbocycles. The van der Waals surface area contributed by atoms with Gasteiger partial charge in [-0.05, 0) is 98.0 Å². The fourth-order valence-corrected chi connectivity index (χ4v) is 8.08. The topological polar surface area (TPSA) is 68.8 Å². The van der Waals surface area contributed by atoms with Gasteiger partial charge in [-0.3, -0.25) is 19.5 Å². The Kier molecular flexibility index (Phi) is 11.0. The number of benzene rings is 3. The van der Waals surface area contributed by atoms with E-state index in [0.717, 1.165) is 41.4 Å². The number of nitrogens with one attached hydrogen (secondary N) is 1. The number of nitrogens with zero attached hydrogens (tertiary/aromatic N) is 4. The lowest BCUT2D eigenvalue weighted by Gasteiger charge is -2.40. The van der Waals surface area contributed by atoms with Crippen LogP contribution in [0.25, 0.3) is 10.9 Å². The van der Waals surface area contributed by atoms with E-state index in [1.807, 2.05) is 53.4 Å². The second-order valence-corrected chi connectivity index (χ2v) is 15.2. The van der Waals surface area contributed by atoms with Crippen LogP contribution in [0.4, 0.5) is 5.69 Å². The number of amides is 2. The first kappa shape index (κ1) is 34.5. The molecular formula is C42H50ClN5O2. The van der Waals surface area contributed by atoms with Crippen molar-refractivity contribution >= 4 is 40.0 Å². The second kappa shape index (κ2) is 15.9. The molecule has 2 saturated carbocycles. The van der Waals surface area contributed by atoms with Crippen molar-refractivity contribution < 1.29 is 9.59 Å². The minimum absolute atomic E-state index is 0.0554. The summed E-state index contributed by atoms with van der Waals surface area (Å²) in [6.45, 7) is 7.50. The highest BCUT2D eigenvalue weighted by Gasteiger charge is 2.33. The molecule has 1 aliphatic heterocycles. The number of hydrogen-bond acceptors (Lipinski definition) is 5. The average molecular weight is 692 g/mol. The molecule has 2 amide bonds. The molecule has 1 N–H and O–H groups in total. The van der Waals surface area contributed by atoms with Gasteiger partial charge in [0.25, 0.3) is 5.91 Å². The van der Waals surface area contributed by atoms with Crippen LogP contribution in [0.3, 0.4) is 0 Å². The maximum atomic E-state index is 14.2. The number of anilines is 1. The van der Waals surface area contributed by atoms with Crippen LogP contribution < -0.4 is 10.2 Å². The predicted molar refractivity (Wildman–Crippen MR) is 203 cm³/mol. The minimum atomic E-state index is -0.706. The molecule has 0 radical (unpaired) electrons. The zero-order valence-corrected chi connectivity index (χ0v) is 30.0. The van der Waals surface area contributed by atoms with Gasteiger partial charge < -0.3 is 15.1 Å². The van der Waals surface area contributed by atoms with Crippen molar-refractivity contribution in [1.29, 1.82) is 0 Å². The van der Waals surface area contributed by atoms with Crippen molar-refractivity contribution in [3.63, 3.8) is 0 Å². The number of pyridine rings is 1. The highest BCUT2D eigenvalue weighted by Crippen LogP contribution is 2.37. The normalized spacial score (nSPS) is 18.3. The van der Waals surface area contributed by atoms with Gasteiger partial charge in [0.15, 0.2) is 0 Å². The minimum Gasteiger partial charge on any atom is -0.368 e. The molecule has 7 nitrogen and oxygen atoms in total. The Balaban J connectivity index is 1.04. The fraction of sp³-hybridized carbons (Fsp3) is 0.452. The maximum absolute atomic E-state index is 14.2. The summed E-state index contributed by atoms with van der Waals surface area (Å²) < 4.78 is 0. The Hall–Kier alpha value is -3.94. The van der Waals surface area contributed by atoms with Crippen molar-refractivity contribution in [3.05, 3.63) is 107 Å². The summed E-state index contributed by atoms with van der Waals surface area (Å²) in [6.07, 6.45) is 11.7. The van der Waals surface area contributed by atoms with E-state index in [0.29, 0.717) is 36.1 Å². The number of hydrogen-bond donors (Lipinski definition) is 1. The third kappa shape index (κ3) is 8.50. The summed E-state index contributed by atoms with van der Waals surface area (Å²) in [5.41, 5.74) is 4.96. The first-order valence-electron chi connectivity index (χ1n) is 18.7. The van der Waals surface area contributed by atoms with Crippen molar-refractivity contribution in [1.82, 2.24) is 20.1 Å². The van der Waals surface area contributed by atoms with Gasteiger partial charge in [-0.1, -0.05) is 67.3 Å². The summed E-state index contributed by atoms with van der Waals surface area (Å²) >= 11 is 6.17. The molecule has 0 spiro atoms. The van der Waals surface area contributed by atoms with Crippen LogP contribution >= 0.6 is 11.6 Å². The van der Waals surface area contributed by atoms with E-state index in [9.17, 15) is 9.59 Å². The Morgan fingerprint density at radius 1 is 0.860 bits per heavy atom. The van der Waals surface area contributed by atoms with E-state index in [-0.39, 0.29) is 11.8 Å². The van der Waals surface area contributed by atoms with Gasteiger partial charge in [0.2, 0.25) is 5.91 Å². The first-order valence-corrected chi connectivity index (χ1v) is 19.1. The fourth-order valence-electron chi connectivity index (χ4n) is 7.95. The van der Waals surface area contributed by atoms with Crippen LogP contribution in [0.15, 0.2) is 85.1 Å². The Bertz CT molecular complexity index is 1760. The molecule has 3 fully saturated rings. The molecule has 50 heavy (non-hydrogen) atoms. The number of fused-ring (bicyclic) bond motifs is 1. The van der Waals surface area contributed by atoms with Crippen molar-refractivity contribution in [2.45, 2.75) is 70.4 Å². The third-order valence-corrected chi connectivity index (χ3v) is 11.3. The van der Waals surface area contributed by atoms with Crippen LogP contribution in [0.1, 0.15) is 79.4 Å². The van der Waals surface area contributed by atoms with Crippen LogP contribution in [-0.4, -0.2) is 71.9 Å². The third-order valence-electron chi connectivity index (χ3n) is 11.1. The first-order chi connectivity index (χ1) is 24.4. The van der Waals surface area contributed by atoms with E-state index in [2.05, 4.69) is 51.3 Å². The summed E-state index contributed by atoms with van der Waals surface area (Å²) in [5, 5.41) is 4.61. The van der Waals surface area contributed by atoms with Gasteiger partial charge in [-0.2, -0.15) is 0 Å². The van der Waals surface area contributed by atoms with Gasteiger partial charge in [-0.15, -0.1) is 0 Å². The van der Waals surface area contributed by atoms with E-state index in [4.69, 9.17) is 11.6 Å². The van der Waals surface area contributed by atoms with Crippen molar-refractivity contribution in [2.24, 2.45) is 11.8 Å². The summed E-state index contributed by atoms with van der Waals surface area (Å²) in [6, 6.07) is 25.3. The van der Waals surface area contributed by atoms with Gasteiger partial charge in [0.1, 0.15) is 6.04 Å². The number of carbonyl (C=O) groups excluding carboxylic acids is 2. The molecule has 0 bridgehead atoms. The van der Waals surface area contributed by atoms with Gasteiger partial charge in [-0.25, -0.2) is 0 Å². The molecule has 7 rings (SSSR count). The lowest BCUT2D eigenvalue weighted by atomic mass is 9.88. The number of piperazine rings is 1. The lowest BCUT2D eigenvalue weighted by molar-refractivity contribution is -0.133. The van der Waals surface area contributed by atoms with E-state index in [1.165, 1.54) is 69.3 Å². The molecule has 1 aromatic heterocycles. The van der Waals surface area contributed by atoms with Gasteiger partial charge in [0.05, 0.1) is 5.52 Å². The molecule has 3 aliphatic rings. The second-order valence-electron chi connectivity index (χ2n) is 14.7. The largest absolute Gasteiger partial charge is 0.368 e. The SMILES string of the molecule is CC(c1ccccc1N1CCN(C(=O)C(Cc2ccc(Cl)cc2)NC(=O)c2ccc3ncccc3c2)CC1)N(CC1CCCCC1)CC1CC1. The quantitative estimate of drug-likeness (QED) is 0.163. The van der Waals surface area contributed by atoms with Crippen LogP contribution in [0.2, 0.25) is 5.02 Å². The van der Waals surface area contributed by atoms with Crippen LogP contribution in [0.5, 0.6) is 0 Å². The smallest absolute Gasteiger partial charge is 0.251 e. The van der Waals surface area contributed by atoms with Gasteiger partial charge >= 0.3 is 0 Å². The van der Waals surface area contributed by atoms with E-state index >= 15 is 0 Å². The Labute approximate surface area is 302 Å². The Morgan fingerprint density at radius 3 is 2.32 bits per heavy atom. The molecule has 2 unspecified atom stereocenters. The number of carbonyl (C=O) groups is 2. The molecule has 4 aromatic rings. The lowest BCUT2D eigenvalue weighted by Crippen LogP contribution is -2.55. The van der Waals surface area contributed by atoms with Gasteiger partial charge in [0, 0.05) is 79.6 Å². The van der Waals surface area contributed by atoms with Crippen molar-refractivity contribution in [2.75, 3.05) is 44.2 Å². The van der Waals surface area contributed by atoms with Crippen LogP contribution in [0, 0.1) is 11.8 Å². The molecule has 2 atom stereocenters. The molecule has 2 heterocycles. The standard InChI is InChI=1S/C42H50ClN5O2/c1-30(48(29-33-13-14-33)28-32-8-3-2-4-9-32)37-11-5-6-12-40(37)46-22-24-47(25-23-46)42(50)39(26-31-15-18-36(43)19-16-31)45-41(49)35-17-20-38-34(27-35)10-7-21-44-38/h5-7,10-12,15-21,27,30,32-33,39H,2-4,8-9,13-14,22-26,28-29H2,1H3,(H,45,49). The van der Waals surface area contributed by atoms with Crippen molar-refractivity contribution in [3.8, 4) is 0 Å². The molecular weight excluding hydrogens is 642 g/mol. The molecule has 8 heteroatoms. The Morgan fingerprint density at radius 2 is 1.58 bits per heavy atom. The number of halogens is 1. The zero-order chi connectivity index (χ0) is 34.5. The van der Waals surface area contributed by atoms with E-state index in [1.54, 1.807) is 12.3 Å². The van der Waals surface area contributed by atoms with E-state index < -0.39 is 6.04 Å². The highest BCUT2D eigenvalue weighted by molar-refractivity contribution is 6.30. The average Bonchev–Trinajstić information content (AvgIpc) is 3.99. The molecule has 3 aromatic carbocycles. The number of aromatic nitrogens is 1. The summed E-state index contributed by atoms with van der Waals surface area (Å²) in [5.74, 6) is 1.34. The zero-order valence-electron chi connectivity index (χ0n) is 29.3. The maximum Gasteiger partial charge on any atom is 0.251 e. The summed E-state index contributed by atoms with van der Waals surface area (Å²) in [7, 11) is 0. The monoisotopic (exact) mass is 691 g/mol. The van der Waals surface area contributed by atoms with Crippen LogP contribution in [-0.2, 0) is 11.2 Å². The summed E-state index contributed by atoms with van der Waals surface area (Å²) in [4.78, 5) is 39.3. The molecule has 262 valence electrons. The highest BCUT2D eigenvalue weighted by atomic mass is 35.5.